The van der Waals surface area contributed by atoms with Gasteiger partial charge in [0.25, 0.3) is 0 Å². The number of allylic oxidation sites excluding steroid dienone is 1. The van der Waals surface area contributed by atoms with Crippen LogP contribution in [0, 0.1) is 0 Å². The van der Waals surface area contributed by atoms with E-state index in [0.717, 1.165) is 33.4 Å². The van der Waals surface area contributed by atoms with Gasteiger partial charge in [-0.25, -0.2) is 0 Å². The Labute approximate surface area is 206 Å². The van der Waals surface area contributed by atoms with Crippen molar-refractivity contribution in [3.05, 3.63) is 48.2 Å². The number of nitrogens with zero attached hydrogens (tertiary/aromatic N) is 1. The van der Waals surface area contributed by atoms with Crippen LogP contribution in [0.1, 0.15) is 33.3 Å². The number of benzene rings is 2. The molecule has 35 heavy (non-hydrogen) atoms. The van der Waals surface area contributed by atoms with Gasteiger partial charge in [0.2, 0.25) is 5.91 Å². The summed E-state index contributed by atoms with van der Waals surface area (Å²) in [6.07, 6.45) is 3.42. The maximum Gasteiger partial charge on any atom is 0.247 e. The lowest BCUT2D eigenvalue weighted by Crippen LogP contribution is -2.47. The highest BCUT2D eigenvalue weighted by atomic mass is 16.5. The molecule has 186 valence electrons. The third-order valence-corrected chi connectivity index (χ3v) is 6.17. The van der Waals surface area contributed by atoms with Crippen molar-refractivity contribution in [2.45, 2.75) is 39.9 Å². The molecule has 2 aromatic carbocycles. The molecule has 0 spiro atoms. The van der Waals surface area contributed by atoms with Crippen molar-refractivity contribution in [3.63, 3.8) is 0 Å². The van der Waals surface area contributed by atoms with Crippen LogP contribution in [0.25, 0.3) is 27.7 Å². The second kappa shape index (κ2) is 10.4. The van der Waals surface area contributed by atoms with E-state index in [0.29, 0.717) is 36.8 Å². The number of furan rings is 1. The molecule has 0 N–H and O–H groups in total. The fourth-order valence-corrected chi connectivity index (χ4v) is 4.58. The van der Waals surface area contributed by atoms with Crippen LogP contribution in [0.4, 0.5) is 0 Å². The summed E-state index contributed by atoms with van der Waals surface area (Å²) >= 11 is 0. The molecule has 0 saturated carbocycles. The summed E-state index contributed by atoms with van der Waals surface area (Å²) in [7, 11) is 3.27. The Hall–Kier alpha value is -3.45. The largest absolute Gasteiger partial charge is 0.497 e. The quantitative estimate of drug-likeness (QED) is 0.414. The Morgan fingerprint density at radius 2 is 1.80 bits per heavy atom. The SMILES string of the molecule is CCOc1cc2occ(-c3cc(OC)ccc3OC)c2cc1/C(C)=C/C(=O)N1CC(C)OC(C)C1. The highest BCUT2D eigenvalue weighted by Crippen LogP contribution is 2.41. The lowest BCUT2D eigenvalue weighted by Gasteiger charge is -2.34. The van der Waals surface area contributed by atoms with Gasteiger partial charge < -0.3 is 28.3 Å². The van der Waals surface area contributed by atoms with Crippen molar-refractivity contribution in [1.82, 2.24) is 4.90 Å². The number of ether oxygens (including phenoxy) is 4. The lowest BCUT2D eigenvalue weighted by atomic mass is 9.98. The Morgan fingerprint density at radius 1 is 1.06 bits per heavy atom. The first-order valence-electron chi connectivity index (χ1n) is 11.9. The van der Waals surface area contributed by atoms with E-state index in [1.165, 1.54) is 0 Å². The summed E-state index contributed by atoms with van der Waals surface area (Å²) in [5, 5.41) is 0.892. The topological polar surface area (TPSA) is 70.4 Å². The number of methoxy groups -OCH3 is 2. The number of hydrogen-bond acceptors (Lipinski definition) is 6. The minimum atomic E-state index is -0.0334. The first-order valence-corrected chi connectivity index (χ1v) is 11.9. The molecule has 1 saturated heterocycles. The number of carbonyl (C=O) groups is 1. The Balaban J connectivity index is 1.78. The van der Waals surface area contributed by atoms with E-state index < -0.39 is 0 Å². The van der Waals surface area contributed by atoms with E-state index in [1.54, 1.807) is 26.6 Å². The third-order valence-electron chi connectivity index (χ3n) is 6.17. The molecule has 2 unspecified atom stereocenters. The van der Waals surface area contributed by atoms with Crippen LogP contribution >= 0.6 is 0 Å². The predicted molar refractivity (Wildman–Crippen MR) is 136 cm³/mol. The number of carbonyl (C=O) groups excluding carboxylic acids is 1. The molecule has 7 nitrogen and oxygen atoms in total. The van der Waals surface area contributed by atoms with Crippen molar-refractivity contribution in [3.8, 4) is 28.4 Å². The van der Waals surface area contributed by atoms with E-state index >= 15 is 0 Å². The van der Waals surface area contributed by atoms with Gasteiger partial charge in [0.1, 0.15) is 22.8 Å². The summed E-state index contributed by atoms with van der Waals surface area (Å²) in [4.78, 5) is 14.9. The van der Waals surface area contributed by atoms with Crippen LogP contribution in [-0.2, 0) is 9.53 Å². The molecule has 1 aliphatic heterocycles. The molecule has 1 aliphatic rings. The summed E-state index contributed by atoms with van der Waals surface area (Å²) in [6, 6.07) is 9.55. The van der Waals surface area contributed by atoms with E-state index in [-0.39, 0.29) is 18.1 Å². The van der Waals surface area contributed by atoms with Crippen molar-refractivity contribution in [2.24, 2.45) is 0 Å². The molecule has 3 aromatic rings. The van der Waals surface area contributed by atoms with Gasteiger partial charge in [0.15, 0.2) is 0 Å². The zero-order chi connectivity index (χ0) is 25.1. The van der Waals surface area contributed by atoms with Crippen LogP contribution in [-0.4, -0.2) is 56.9 Å². The first-order chi connectivity index (χ1) is 16.8. The third kappa shape index (κ3) is 5.15. The molecule has 7 heteroatoms. The highest BCUT2D eigenvalue weighted by molar-refractivity contribution is 6.01. The average Bonchev–Trinajstić information content (AvgIpc) is 3.25. The molecule has 1 amide bonds. The Morgan fingerprint density at radius 3 is 2.46 bits per heavy atom. The lowest BCUT2D eigenvalue weighted by molar-refractivity contribution is -0.137. The van der Waals surface area contributed by atoms with Gasteiger partial charge in [0, 0.05) is 47.3 Å². The molecule has 0 bridgehead atoms. The van der Waals surface area contributed by atoms with Crippen molar-refractivity contribution < 1.29 is 28.2 Å². The highest BCUT2D eigenvalue weighted by Gasteiger charge is 2.25. The van der Waals surface area contributed by atoms with Crippen molar-refractivity contribution in [2.75, 3.05) is 33.9 Å². The second-order valence-corrected chi connectivity index (χ2v) is 8.82. The number of rotatable bonds is 7. The minimum absolute atomic E-state index is 0.0121. The van der Waals surface area contributed by atoms with E-state index in [9.17, 15) is 4.79 Å². The number of amides is 1. The average molecular weight is 480 g/mol. The van der Waals surface area contributed by atoms with Gasteiger partial charge >= 0.3 is 0 Å². The summed E-state index contributed by atoms with van der Waals surface area (Å²) in [5.41, 5.74) is 4.07. The number of morpholine rings is 1. The molecular weight excluding hydrogens is 446 g/mol. The Bertz CT molecular complexity index is 1230. The van der Waals surface area contributed by atoms with Crippen molar-refractivity contribution >= 4 is 22.4 Å². The first kappa shape index (κ1) is 24.7. The van der Waals surface area contributed by atoms with Crippen LogP contribution < -0.4 is 14.2 Å². The van der Waals surface area contributed by atoms with E-state index in [2.05, 4.69) is 0 Å². The predicted octanol–water partition coefficient (Wildman–Crippen LogP) is 5.55. The number of hydrogen-bond donors (Lipinski definition) is 0. The molecule has 0 aliphatic carbocycles. The summed E-state index contributed by atoms with van der Waals surface area (Å²) < 4.78 is 28.6. The van der Waals surface area contributed by atoms with Crippen LogP contribution in [0.5, 0.6) is 17.2 Å². The molecule has 1 aromatic heterocycles. The van der Waals surface area contributed by atoms with Crippen LogP contribution in [0.15, 0.2) is 47.1 Å². The Kier molecular flexibility index (Phi) is 7.36. The second-order valence-electron chi connectivity index (χ2n) is 8.82. The van der Waals surface area contributed by atoms with Crippen molar-refractivity contribution in [1.29, 1.82) is 0 Å². The van der Waals surface area contributed by atoms with Gasteiger partial charge in [-0.05, 0) is 57.5 Å². The van der Waals surface area contributed by atoms with E-state index in [4.69, 9.17) is 23.4 Å². The molecule has 4 rings (SSSR count). The molecule has 2 heterocycles. The van der Waals surface area contributed by atoms with Gasteiger partial charge in [-0.1, -0.05) is 0 Å². The zero-order valence-electron chi connectivity index (χ0n) is 21.2. The zero-order valence-corrected chi connectivity index (χ0v) is 21.2. The molecule has 1 fully saturated rings. The normalized spacial score (nSPS) is 18.6. The maximum atomic E-state index is 13.1. The molecule has 0 radical (unpaired) electrons. The summed E-state index contributed by atoms with van der Waals surface area (Å²) in [5.74, 6) is 2.07. The molecule has 2 atom stereocenters. The van der Waals surface area contributed by atoms with E-state index in [1.807, 2.05) is 62.9 Å². The smallest absolute Gasteiger partial charge is 0.247 e. The number of fused-ring (bicyclic) bond motifs is 1. The van der Waals surface area contributed by atoms with Crippen LogP contribution in [0.2, 0.25) is 0 Å². The van der Waals surface area contributed by atoms with Gasteiger partial charge in [-0.3, -0.25) is 4.79 Å². The minimum Gasteiger partial charge on any atom is -0.497 e. The molecular formula is C28H33NO6. The fourth-order valence-electron chi connectivity index (χ4n) is 4.58. The van der Waals surface area contributed by atoms with Gasteiger partial charge in [0.05, 0.1) is 39.3 Å². The standard InChI is InChI=1S/C28H33NO6/c1-7-33-26-13-27-23(24(16-34-27)22-11-20(31-5)8-9-25(22)32-6)12-21(26)17(2)10-28(30)29-14-18(3)35-19(4)15-29/h8-13,16,18-19H,7,14-15H2,1-6H3/b17-10+. The monoisotopic (exact) mass is 479 g/mol. The fraction of sp³-hybridized carbons (Fsp3) is 0.393. The summed E-state index contributed by atoms with van der Waals surface area (Å²) in [6.45, 7) is 9.49. The van der Waals surface area contributed by atoms with Crippen LogP contribution in [0.3, 0.4) is 0 Å². The van der Waals surface area contributed by atoms with Gasteiger partial charge in [-0.2, -0.15) is 0 Å². The van der Waals surface area contributed by atoms with Gasteiger partial charge in [-0.15, -0.1) is 0 Å². The maximum absolute atomic E-state index is 13.1.